The molecule has 0 spiro atoms. The predicted molar refractivity (Wildman–Crippen MR) is 52.8 cm³/mol. The molecule has 16 heavy (non-hydrogen) atoms. The fourth-order valence-corrected chi connectivity index (χ4v) is 1.13. The van der Waals surface area contributed by atoms with Crippen molar-refractivity contribution in [3.05, 3.63) is 0 Å². The van der Waals surface area contributed by atoms with Gasteiger partial charge in [-0.25, -0.2) is 0 Å². The van der Waals surface area contributed by atoms with Crippen LogP contribution in [0.25, 0.3) is 0 Å². The summed E-state index contributed by atoms with van der Waals surface area (Å²) in [5, 5.41) is 0. The van der Waals surface area contributed by atoms with Crippen LogP contribution in [0.15, 0.2) is 0 Å². The molecule has 0 unspecified atom stereocenters. The van der Waals surface area contributed by atoms with Crippen molar-refractivity contribution in [1.82, 2.24) is 4.90 Å². The van der Waals surface area contributed by atoms with Gasteiger partial charge in [-0.2, -0.15) is 13.2 Å². The van der Waals surface area contributed by atoms with E-state index in [2.05, 4.69) is 0 Å². The summed E-state index contributed by atoms with van der Waals surface area (Å²) in [6.45, 7) is 0.978. The van der Waals surface area contributed by atoms with Crippen LogP contribution in [0.4, 0.5) is 13.2 Å². The summed E-state index contributed by atoms with van der Waals surface area (Å²) < 4.78 is 41.2. The maximum Gasteiger partial charge on any atom is 0.406 e. The van der Waals surface area contributed by atoms with Crippen molar-refractivity contribution < 1.29 is 22.7 Å². The Kier molecular flexibility index (Phi) is 7.07. The van der Waals surface area contributed by atoms with E-state index >= 15 is 0 Å². The number of ether oxygens (including phenoxy) is 1. The van der Waals surface area contributed by atoms with E-state index in [0.29, 0.717) is 11.5 Å². The van der Waals surface area contributed by atoms with E-state index in [-0.39, 0.29) is 26.1 Å². The van der Waals surface area contributed by atoms with Gasteiger partial charge < -0.3 is 15.4 Å². The van der Waals surface area contributed by atoms with E-state index in [1.54, 1.807) is 6.92 Å². The van der Waals surface area contributed by atoms with Gasteiger partial charge in [-0.15, -0.1) is 0 Å². The monoisotopic (exact) mass is 242 g/mol. The third-order valence-electron chi connectivity index (χ3n) is 1.79. The largest absolute Gasteiger partial charge is 0.406 e. The van der Waals surface area contributed by atoms with Crippen molar-refractivity contribution in [1.29, 1.82) is 0 Å². The minimum atomic E-state index is -4.39. The SMILES string of the molecule is CCOCCC(=O)N(CCN)CC(F)(F)F. The molecule has 1 amide bonds. The summed E-state index contributed by atoms with van der Waals surface area (Å²) in [4.78, 5) is 12.1. The maximum atomic E-state index is 12.1. The summed E-state index contributed by atoms with van der Waals surface area (Å²) in [6, 6.07) is 0. The highest BCUT2D eigenvalue weighted by atomic mass is 19.4. The van der Waals surface area contributed by atoms with Gasteiger partial charge in [0.25, 0.3) is 0 Å². The Bertz CT molecular complexity index is 209. The lowest BCUT2D eigenvalue weighted by Crippen LogP contribution is -2.42. The molecule has 0 bridgehead atoms. The minimum Gasteiger partial charge on any atom is -0.381 e. The van der Waals surface area contributed by atoms with E-state index in [1.165, 1.54) is 0 Å². The molecule has 0 aromatic carbocycles. The molecule has 0 aliphatic rings. The van der Waals surface area contributed by atoms with E-state index in [1.807, 2.05) is 0 Å². The molecule has 7 heteroatoms. The van der Waals surface area contributed by atoms with Crippen LogP contribution in [0.1, 0.15) is 13.3 Å². The molecule has 96 valence electrons. The van der Waals surface area contributed by atoms with Crippen LogP contribution < -0.4 is 5.73 Å². The van der Waals surface area contributed by atoms with E-state index in [4.69, 9.17) is 10.5 Å². The molecule has 0 saturated heterocycles. The first-order valence-corrected chi connectivity index (χ1v) is 5.03. The van der Waals surface area contributed by atoms with Crippen molar-refractivity contribution in [2.45, 2.75) is 19.5 Å². The van der Waals surface area contributed by atoms with Gasteiger partial charge in [-0.1, -0.05) is 0 Å². The number of nitrogens with two attached hydrogens (primary N) is 1. The fraction of sp³-hybridized carbons (Fsp3) is 0.889. The van der Waals surface area contributed by atoms with E-state index in [0.717, 1.165) is 0 Å². The van der Waals surface area contributed by atoms with Gasteiger partial charge >= 0.3 is 6.18 Å². The standard InChI is InChI=1S/C9H17F3N2O2/c1-2-16-6-3-8(15)14(5-4-13)7-9(10,11)12/h2-7,13H2,1H3. The molecule has 4 nitrogen and oxygen atoms in total. The summed E-state index contributed by atoms with van der Waals surface area (Å²) in [6.07, 6.45) is -4.44. The van der Waals surface area contributed by atoms with E-state index < -0.39 is 18.6 Å². The van der Waals surface area contributed by atoms with Gasteiger partial charge in [0.15, 0.2) is 0 Å². The number of carbonyl (C=O) groups excluding carboxylic acids is 1. The summed E-state index contributed by atoms with van der Waals surface area (Å²) in [7, 11) is 0. The van der Waals surface area contributed by atoms with Crippen molar-refractivity contribution >= 4 is 5.91 Å². The predicted octanol–water partition coefficient (Wildman–Crippen LogP) is 0.763. The lowest BCUT2D eigenvalue weighted by atomic mass is 10.3. The van der Waals surface area contributed by atoms with Gasteiger partial charge in [-0.05, 0) is 6.92 Å². The van der Waals surface area contributed by atoms with Crippen LogP contribution in [-0.4, -0.2) is 49.8 Å². The van der Waals surface area contributed by atoms with Gasteiger partial charge in [-0.3, -0.25) is 4.79 Å². The van der Waals surface area contributed by atoms with Gasteiger partial charge in [0.2, 0.25) is 5.91 Å². The first-order valence-electron chi connectivity index (χ1n) is 5.03. The highest BCUT2D eigenvalue weighted by Crippen LogP contribution is 2.16. The van der Waals surface area contributed by atoms with Gasteiger partial charge in [0.05, 0.1) is 13.0 Å². The highest BCUT2D eigenvalue weighted by Gasteiger charge is 2.32. The lowest BCUT2D eigenvalue weighted by molar-refractivity contribution is -0.161. The fourth-order valence-electron chi connectivity index (χ4n) is 1.13. The molecule has 0 rings (SSSR count). The Hall–Kier alpha value is -0.820. The second-order valence-electron chi connectivity index (χ2n) is 3.17. The van der Waals surface area contributed by atoms with Crippen LogP contribution in [0, 0.1) is 0 Å². The molecule has 0 heterocycles. The number of carbonyl (C=O) groups is 1. The molecular weight excluding hydrogens is 225 g/mol. The van der Waals surface area contributed by atoms with Crippen LogP contribution >= 0.6 is 0 Å². The second kappa shape index (κ2) is 7.45. The van der Waals surface area contributed by atoms with Crippen LogP contribution in [0.5, 0.6) is 0 Å². The zero-order valence-electron chi connectivity index (χ0n) is 9.22. The minimum absolute atomic E-state index is 0.0104. The first-order chi connectivity index (χ1) is 7.40. The number of hydrogen-bond acceptors (Lipinski definition) is 3. The second-order valence-corrected chi connectivity index (χ2v) is 3.17. The Morgan fingerprint density at radius 2 is 2.06 bits per heavy atom. The Labute approximate surface area is 92.5 Å². The highest BCUT2D eigenvalue weighted by molar-refractivity contribution is 5.76. The molecule has 2 N–H and O–H groups in total. The summed E-state index contributed by atoms with van der Waals surface area (Å²) in [5.41, 5.74) is 5.15. The molecule has 0 saturated carbocycles. The zero-order valence-corrected chi connectivity index (χ0v) is 9.22. The number of alkyl halides is 3. The Morgan fingerprint density at radius 1 is 1.44 bits per heavy atom. The van der Waals surface area contributed by atoms with Crippen LogP contribution in [0.2, 0.25) is 0 Å². The van der Waals surface area contributed by atoms with E-state index in [9.17, 15) is 18.0 Å². The normalized spacial score (nSPS) is 11.6. The molecule has 0 aromatic rings. The first kappa shape index (κ1) is 15.2. The van der Waals surface area contributed by atoms with Crippen molar-refractivity contribution in [2.75, 3.05) is 32.8 Å². The number of halogens is 3. The van der Waals surface area contributed by atoms with Gasteiger partial charge in [0.1, 0.15) is 6.54 Å². The molecule has 0 aliphatic carbocycles. The van der Waals surface area contributed by atoms with Crippen LogP contribution in [0.3, 0.4) is 0 Å². The molecular formula is C9H17F3N2O2. The topological polar surface area (TPSA) is 55.6 Å². The molecule has 0 fully saturated rings. The number of nitrogens with zero attached hydrogens (tertiary/aromatic N) is 1. The maximum absolute atomic E-state index is 12.1. The average molecular weight is 242 g/mol. The third-order valence-corrected chi connectivity index (χ3v) is 1.79. The van der Waals surface area contributed by atoms with Gasteiger partial charge in [0, 0.05) is 19.7 Å². The average Bonchev–Trinajstić information content (AvgIpc) is 2.15. The quantitative estimate of drug-likeness (QED) is 0.671. The Balaban J connectivity index is 4.13. The zero-order chi connectivity index (χ0) is 12.6. The smallest absolute Gasteiger partial charge is 0.381 e. The lowest BCUT2D eigenvalue weighted by Gasteiger charge is -2.23. The van der Waals surface area contributed by atoms with Crippen molar-refractivity contribution in [3.63, 3.8) is 0 Å². The summed E-state index contributed by atoms with van der Waals surface area (Å²) >= 11 is 0. The molecule has 0 atom stereocenters. The Morgan fingerprint density at radius 3 is 2.50 bits per heavy atom. The van der Waals surface area contributed by atoms with Crippen molar-refractivity contribution in [2.24, 2.45) is 5.73 Å². The van der Waals surface area contributed by atoms with Crippen LogP contribution in [-0.2, 0) is 9.53 Å². The number of rotatable bonds is 7. The number of amides is 1. The summed E-state index contributed by atoms with van der Waals surface area (Å²) in [5.74, 6) is -0.587. The third kappa shape index (κ3) is 7.47. The molecule has 0 aromatic heterocycles. The molecule has 0 aliphatic heterocycles. The molecule has 0 radical (unpaired) electrons. The van der Waals surface area contributed by atoms with Crippen molar-refractivity contribution in [3.8, 4) is 0 Å². The number of hydrogen-bond donors (Lipinski definition) is 1.